The van der Waals surface area contributed by atoms with Gasteiger partial charge in [0.05, 0.1) is 17.8 Å². The number of nitrogens with zero attached hydrogens (tertiary/aromatic N) is 1. The molecule has 1 aliphatic rings. The van der Waals surface area contributed by atoms with Crippen molar-refractivity contribution in [3.8, 4) is 0 Å². The molecule has 0 unspecified atom stereocenters. The van der Waals surface area contributed by atoms with E-state index in [0.717, 1.165) is 22.3 Å². The van der Waals surface area contributed by atoms with Gasteiger partial charge < -0.3 is 14.4 Å². The van der Waals surface area contributed by atoms with E-state index in [9.17, 15) is 9.59 Å². The fourth-order valence-corrected chi connectivity index (χ4v) is 3.48. The van der Waals surface area contributed by atoms with E-state index in [1.54, 1.807) is 4.90 Å². The van der Waals surface area contributed by atoms with Crippen molar-refractivity contribution < 1.29 is 19.1 Å². The highest BCUT2D eigenvalue weighted by molar-refractivity contribution is 5.95. The van der Waals surface area contributed by atoms with Crippen molar-refractivity contribution in [3.05, 3.63) is 33.4 Å². The van der Waals surface area contributed by atoms with Crippen LogP contribution in [0.2, 0.25) is 0 Å². The normalized spacial score (nSPS) is 20.5. The van der Waals surface area contributed by atoms with Crippen LogP contribution in [-0.4, -0.2) is 48.7 Å². The Morgan fingerprint density at radius 3 is 1.84 bits per heavy atom. The fourth-order valence-electron chi connectivity index (χ4n) is 3.48. The molecule has 0 spiro atoms. The third kappa shape index (κ3) is 4.03. The molecule has 1 aromatic rings. The average molecular weight is 347 g/mol. The highest BCUT2D eigenvalue weighted by Crippen LogP contribution is 2.26. The first kappa shape index (κ1) is 19.4. The lowest BCUT2D eigenvalue weighted by Gasteiger charge is -2.35. The monoisotopic (exact) mass is 347 g/mol. The van der Waals surface area contributed by atoms with E-state index in [1.807, 2.05) is 41.5 Å². The van der Waals surface area contributed by atoms with Gasteiger partial charge in [-0.2, -0.15) is 0 Å². The Balaban J connectivity index is 2.10. The third-order valence-electron chi connectivity index (χ3n) is 5.30. The molecule has 2 rings (SSSR count). The van der Waals surface area contributed by atoms with Gasteiger partial charge in [-0.15, -0.1) is 0 Å². The Kier molecular flexibility index (Phi) is 5.88. The number of benzene rings is 1. The van der Waals surface area contributed by atoms with Gasteiger partial charge in [-0.1, -0.05) is 0 Å². The molecule has 0 aliphatic carbocycles. The van der Waals surface area contributed by atoms with Crippen LogP contribution in [0.5, 0.6) is 0 Å². The van der Waals surface area contributed by atoms with Crippen LogP contribution in [0.25, 0.3) is 0 Å². The molecule has 1 aromatic carbocycles. The molecule has 5 heteroatoms. The van der Waals surface area contributed by atoms with Crippen molar-refractivity contribution in [1.29, 1.82) is 0 Å². The number of morpholine rings is 1. The van der Waals surface area contributed by atoms with Crippen LogP contribution in [-0.2, 0) is 14.3 Å². The van der Waals surface area contributed by atoms with Gasteiger partial charge in [-0.25, -0.2) is 4.79 Å². The molecule has 138 valence electrons. The minimum absolute atomic E-state index is 0.00436. The molecule has 0 N–H and O–H groups in total. The second-order valence-corrected chi connectivity index (χ2v) is 7.13. The summed E-state index contributed by atoms with van der Waals surface area (Å²) in [6.45, 7) is 14.6. The van der Waals surface area contributed by atoms with Crippen LogP contribution in [0.4, 0.5) is 0 Å². The quantitative estimate of drug-likeness (QED) is 0.789. The number of esters is 1. The summed E-state index contributed by atoms with van der Waals surface area (Å²) in [5.41, 5.74) is 5.81. The van der Waals surface area contributed by atoms with Crippen molar-refractivity contribution in [3.63, 3.8) is 0 Å². The molecule has 5 nitrogen and oxygen atoms in total. The van der Waals surface area contributed by atoms with Gasteiger partial charge in [-0.05, 0) is 76.3 Å². The summed E-state index contributed by atoms with van der Waals surface area (Å²) in [5.74, 6) is -0.602. The van der Waals surface area contributed by atoms with Gasteiger partial charge >= 0.3 is 5.97 Å². The molecule has 0 aromatic heterocycles. The van der Waals surface area contributed by atoms with Crippen LogP contribution in [0, 0.1) is 34.6 Å². The predicted molar refractivity (Wildman–Crippen MR) is 97.0 cm³/mol. The zero-order valence-corrected chi connectivity index (χ0v) is 16.4. The van der Waals surface area contributed by atoms with Gasteiger partial charge in [0.15, 0.2) is 6.61 Å². The Bertz CT molecular complexity index is 656. The predicted octanol–water partition coefficient (Wildman–Crippen LogP) is 3.02. The Morgan fingerprint density at radius 1 is 0.920 bits per heavy atom. The summed E-state index contributed by atoms with van der Waals surface area (Å²) in [5, 5.41) is 0. The molecule has 1 heterocycles. The summed E-state index contributed by atoms with van der Waals surface area (Å²) in [4.78, 5) is 26.7. The van der Waals surface area contributed by atoms with Crippen LogP contribution in [0.1, 0.15) is 52.0 Å². The number of amides is 1. The lowest BCUT2D eigenvalue weighted by molar-refractivity contribution is -0.146. The molecule has 0 radical (unpaired) electrons. The number of carbonyl (C=O) groups excluding carboxylic acids is 2. The molecular formula is C20H29NO4. The standard InChI is InChI=1S/C20H29NO4/c1-11-8-21(9-12(2)25-11)18(22)10-24-20(23)19-16(6)14(4)13(3)15(5)17(19)7/h11-12H,8-10H2,1-7H3/t11-,12-/m1/s1. The first-order valence-corrected chi connectivity index (χ1v) is 8.80. The number of rotatable bonds is 3. The lowest BCUT2D eigenvalue weighted by Crippen LogP contribution is -2.49. The van der Waals surface area contributed by atoms with E-state index >= 15 is 0 Å². The van der Waals surface area contributed by atoms with Gasteiger partial charge in [0.2, 0.25) is 0 Å². The number of hydrogen-bond donors (Lipinski definition) is 0. The van der Waals surface area contributed by atoms with Gasteiger partial charge in [-0.3, -0.25) is 4.79 Å². The molecular weight excluding hydrogens is 318 g/mol. The zero-order valence-electron chi connectivity index (χ0n) is 16.4. The summed E-state index contributed by atoms with van der Waals surface area (Å²) >= 11 is 0. The number of carbonyl (C=O) groups is 2. The van der Waals surface area contributed by atoms with Crippen molar-refractivity contribution in [2.75, 3.05) is 19.7 Å². The van der Waals surface area contributed by atoms with Crippen molar-refractivity contribution in [2.45, 2.75) is 60.7 Å². The van der Waals surface area contributed by atoms with Crippen molar-refractivity contribution in [2.24, 2.45) is 0 Å². The maximum absolute atomic E-state index is 12.6. The summed E-state index contributed by atoms with van der Waals surface area (Å²) in [6, 6.07) is 0. The number of ether oxygens (including phenoxy) is 2. The SMILES string of the molecule is Cc1c(C)c(C)c(C(=O)OCC(=O)N2C[C@@H](C)O[C@H](C)C2)c(C)c1C. The zero-order chi connectivity index (χ0) is 18.9. The topological polar surface area (TPSA) is 55.8 Å². The number of hydrogen-bond acceptors (Lipinski definition) is 4. The van der Waals surface area contributed by atoms with Crippen molar-refractivity contribution in [1.82, 2.24) is 4.90 Å². The Hall–Kier alpha value is -1.88. The lowest BCUT2D eigenvalue weighted by atomic mass is 9.90. The molecule has 2 atom stereocenters. The van der Waals surface area contributed by atoms with Crippen LogP contribution >= 0.6 is 0 Å². The summed E-state index contributed by atoms with van der Waals surface area (Å²) < 4.78 is 11.0. The molecule has 1 fully saturated rings. The van der Waals surface area contributed by atoms with Crippen LogP contribution < -0.4 is 0 Å². The molecule has 1 saturated heterocycles. The minimum atomic E-state index is -0.427. The van der Waals surface area contributed by atoms with Gasteiger partial charge in [0.1, 0.15) is 0 Å². The third-order valence-corrected chi connectivity index (χ3v) is 5.30. The summed E-state index contributed by atoms with van der Waals surface area (Å²) in [6.07, 6.45) is -0.00873. The second kappa shape index (κ2) is 7.56. The largest absolute Gasteiger partial charge is 0.452 e. The smallest absolute Gasteiger partial charge is 0.339 e. The minimum Gasteiger partial charge on any atom is -0.452 e. The maximum Gasteiger partial charge on any atom is 0.339 e. The first-order chi connectivity index (χ1) is 11.6. The molecule has 1 amide bonds. The highest BCUT2D eigenvalue weighted by atomic mass is 16.5. The second-order valence-electron chi connectivity index (χ2n) is 7.13. The van der Waals surface area contributed by atoms with Crippen LogP contribution in [0.15, 0.2) is 0 Å². The maximum atomic E-state index is 12.6. The fraction of sp³-hybridized carbons (Fsp3) is 0.600. The van der Waals surface area contributed by atoms with Gasteiger partial charge in [0, 0.05) is 13.1 Å². The Morgan fingerprint density at radius 2 is 1.36 bits per heavy atom. The first-order valence-electron chi connectivity index (χ1n) is 8.80. The van der Waals surface area contributed by atoms with E-state index in [-0.39, 0.29) is 24.7 Å². The van der Waals surface area contributed by atoms with E-state index in [0.29, 0.717) is 18.7 Å². The summed E-state index contributed by atoms with van der Waals surface area (Å²) in [7, 11) is 0. The molecule has 1 aliphatic heterocycles. The van der Waals surface area contributed by atoms with E-state index in [2.05, 4.69) is 6.92 Å². The molecule has 25 heavy (non-hydrogen) atoms. The highest BCUT2D eigenvalue weighted by Gasteiger charge is 2.27. The van der Waals surface area contributed by atoms with Crippen molar-refractivity contribution >= 4 is 11.9 Å². The van der Waals surface area contributed by atoms with E-state index in [1.165, 1.54) is 5.56 Å². The Labute approximate surface area is 150 Å². The molecule has 0 saturated carbocycles. The van der Waals surface area contributed by atoms with E-state index < -0.39 is 5.97 Å². The molecule has 0 bridgehead atoms. The van der Waals surface area contributed by atoms with E-state index in [4.69, 9.17) is 9.47 Å². The van der Waals surface area contributed by atoms with Crippen LogP contribution in [0.3, 0.4) is 0 Å². The van der Waals surface area contributed by atoms with Gasteiger partial charge in [0.25, 0.3) is 5.91 Å². The average Bonchev–Trinajstić information content (AvgIpc) is 2.55.